The number of nitrogen functional groups attached to an aromatic ring is 1. The van der Waals surface area contributed by atoms with Crippen molar-refractivity contribution < 1.29 is 5.11 Å². The molecule has 0 unspecified atom stereocenters. The number of hydrogen-bond donors (Lipinski definition) is 4. The zero-order chi connectivity index (χ0) is 11.1. The van der Waals surface area contributed by atoms with Crippen LogP contribution in [0.5, 0.6) is 5.75 Å². The molecule has 5 N–H and O–H groups in total. The molecule has 0 spiro atoms. The lowest BCUT2D eigenvalue weighted by molar-refractivity contribution is 0.476. The fraction of sp³-hybridized carbons (Fsp3) is 0. The van der Waals surface area contributed by atoms with Crippen LogP contribution >= 0.6 is 34.0 Å². The molecule has 0 aliphatic heterocycles. The quantitative estimate of drug-likeness (QED) is 0.385. The van der Waals surface area contributed by atoms with Crippen molar-refractivity contribution in [1.82, 2.24) is 15.2 Å². The number of nitrogens with two attached hydrogens (primary N) is 1. The molecule has 1 aromatic carbocycles. The van der Waals surface area contributed by atoms with Crippen LogP contribution in [0.4, 0.5) is 5.82 Å². The van der Waals surface area contributed by atoms with Gasteiger partial charge < -0.3 is 15.5 Å². The van der Waals surface area contributed by atoms with Gasteiger partial charge in [0.15, 0.2) is 5.82 Å². The van der Waals surface area contributed by atoms with Gasteiger partial charge in [0.1, 0.15) is 5.75 Å². The lowest BCUT2D eigenvalue weighted by Gasteiger charge is -1.97. The molecule has 96 valence electrons. The van der Waals surface area contributed by atoms with Gasteiger partial charge >= 0.3 is 0 Å². The van der Waals surface area contributed by atoms with Crippen LogP contribution in [0.2, 0.25) is 0 Å². The summed E-state index contributed by atoms with van der Waals surface area (Å²) in [6.45, 7) is 0. The molecule has 18 heavy (non-hydrogen) atoms. The topological polar surface area (TPSA) is 99.9 Å². The highest BCUT2D eigenvalue weighted by Gasteiger charge is 2.09. The number of nitrogens with zero attached hydrogens (tertiary/aromatic N) is 2. The van der Waals surface area contributed by atoms with E-state index in [2.05, 4.69) is 20.6 Å². The molecular weight excluding hydrogens is 366 g/mol. The number of hydrazine groups is 1. The summed E-state index contributed by atoms with van der Waals surface area (Å²) in [5.41, 5.74) is 4.16. The predicted octanol–water partition coefficient (Wildman–Crippen LogP) is 2.26. The molecule has 0 saturated heterocycles. The van der Waals surface area contributed by atoms with Gasteiger partial charge in [-0.1, -0.05) is 0 Å². The Morgan fingerprint density at radius 3 is 2.72 bits per heavy atom. The number of H-pyrrole nitrogens is 1. The first kappa shape index (κ1) is 14.7. The molecule has 0 amide bonds. The lowest BCUT2D eigenvalue weighted by Crippen LogP contribution is -2.09. The predicted molar refractivity (Wildman–Crippen MR) is 81.5 cm³/mol. The lowest BCUT2D eigenvalue weighted by atomic mass is 10.2. The Morgan fingerprint density at radius 2 is 2.00 bits per heavy atom. The van der Waals surface area contributed by atoms with Crippen molar-refractivity contribution in [2.24, 2.45) is 5.84 Å². The molecule has 0 radical (unpaired) electrons. The van der Waals surface area contributed by atoms with Crippen molar-refractivity contribution >= 4 is 61.6 Å². The highest BCUT2D eigenvalue weighted by Crippen LogP contribution is 2.29. The summed E-state index contributed by atoms with van der Waals surface area (Å²) >= 11 is 0. The smallest absolute Gasteiger partial charge is 0.187 e. The average Bonchev–Trinajstić information content (AvgIpc) is 2.67. The van der Waals surface area contributed by atoms with Gasteiger partial charge in [-0.05, 0) is 18.2 Å². The number of fused-ring (bicyclic) bond motifs is 3. The van der Waals surface area contributed by atoms with E-state index in [4.69, 9.17) is 5.84 Å². The van der Waals surface area contributed by atoms with Crippen LogP contribution in [0.15, 0.2) is 24.4 Å². The van der Waals surface area contributed by atoms with Gasteiger partial charge in [0.25, 0.3) is 0 Å². The van der Waals surface area contributed by atoms with Crippen LogP contribution in [0, 0.1) is 0 Å². The van der Waals surface area contributed by atoms with Gasteiger partial charge in [-0.3, -0.25) is 0 Å². The molecular formula is C10H11Br2N5O. The number of aromatic hydroxyl groups is 1. The van der Waals surface area contributed by atoms with Crippen LogP contribution < -0.4 is 11.3 Å². The Morgan fingerprint density at radius 1 is 1.22 bits per heavy atom. The molecule has 2 heterocycles. The summed E-state index contributed by atoms with van der Waals surface area (Å²) in [6, 6.07) is 5.09. The molecule has 0 aliphatic rings. The van der Waals surface area contributed by atoms with E-state index in [9.17, 15) is 5.11 Å². The van der Waals surface area contributed by atoms with Gasteiger partial charge in [-0.15, -0.1) is 39.1 Å². The second kappa shape index (κ2) is 5.51. The minimum absolute atomic E-state index is 0. The Bertz CT molecular complexity index is 684. The second-order valence-corrected chi connectivity index (χ2v) is 3.48. The van der Waals surface area contributed by atoms with E-state index in [1.807, 2.05) is 0 Å². The third-order valence-corrected chi connectivity index (χ3v) is 2.54. The number of halogens is 2. The summed E-state index contributed by atoms with van der Waals surface area (Å²) in [7, 11) is 0. The number of benzene rings is 1. The van der Waals surface area contributed by atoms with E-state index in [0.717, 1.165) is 21.8 Å². The van der Waals surface area contributed by atoms with E-state index >= 15 is 0 Å². The Balaban J connectivity index is 0.000000810. The zero-order valence-corrected chi connectivity index (χ0v) is 12.5. The second-order valence-electron chi connectivity index (χ2n) is 3.48. The van der Waals surface area contributed by atoms with Gasteiger partial charge in [0, 0.05) is 16.3 Å². The molecule has 2 aromatic heterocycles. The summed E-state index contributed by atoms with van der Waals surface area (Å²) < 4.78 is 0. The number of anilines is 1. The molecule has 3 rings (SSSR count). The van der Waals surface area contributed by atoms with Crippen LogP contribution in [0.1, 0.15) is 0 Å². The first-order valence-corrected chi connectivity index (χ1v) is 4.72. The molecule has 0 bridgehead atoms. The number of nitrogens with one attached hydrogen (secondary N) is 2. The fourth-order valence-electron chi connectivity index (χ4n) is 1.82. The number of rotatable bonds is 1. The number of phenols is 1. The van der Waals surface area contributed by atoms with Crippen molar-refractivity contribution in [2.75, 3.05) is 5.43 Å². The van der Waals surface area contributed by atoms with Crippen molar-refractivity contribution in [3.8, 4) is 5.75 Å². The van der Waals surface area contributed by atoms with Crippen LogP contribution in [0.3, 0.4) is 0 Å². The third kappa shape index (κ3) is 2.14. The fourth-order valence-corrected chi connectivity index (χ4v) is 1.82. The maximum atomic E-state index is 9.44. The average molecular weight is 377 g/mol. The minimum atomic E-state index is 0. The van der Waals surface area contributed by atoms with Crippen LogP contribution in [-0.4, -0.2) is 20.3 Å². The molecule has 0 atom stereocenters. The molecule has 0 saturated carbocycles. The normalized spacial score (nSPS) is 9.83. The Hall–Kier alpha value is -1.38. The summed E-state index contributed by atoms with van der Waals surface area (Å²) in [5, 5.41) is 18.9. The van der Waals surface area contributed by atoms with Crippen molar-refractivity contribution in [3.05, 3.63) is 24.4 Å². The standard InChI is InChI=1S/C10H9N5O.2BrH/c11-14-10-9-7(4-12-15-10)6-3-5(16)1-2-8(6)13-9;;/h1-4,13,16H,11H2,(H,14,15);2*1H. The minimum Gasteiger partial charge on any atom is -0.508 e. The number of aromatic amines is 1. The van der Waals surface area contributed by atoms with E-state index in [-0.39, 0.29) is 39.7 Å². The largest absolute Gasteiger partial charge is 0.508 e. The van der Waals surface area contributed by atoms with Gasteiger partial charge in [0.05, 0.1) is 11.7 Å². The van der Waals surface area contributed by atoms with Crippen molar-refractivity contribution in [1.29, 1.82) is 0 Å². The maximum Gasteiger partial charge on any atom is 0.187 e. The van der Waals surface area contributed by atoms with Gasteiger partial charge in [-0.25, -0.2) is 5.84 Å². The number of hydrogen-bond acceptors (Lipinski definition) is 5. The van der Waals surface area contributed by atoms with Crippen molar-refractivity contribution in [3.63, 3.8) is 0 Å². The highest BCUT2D eigenvalue weighted by atomic mass is 79.9. The van der Waals surface area contributed by atoms with Crippen molar-refractivity contribution in [2.45, 2.75) is 0 Å². The number of phenolic OH excluding ortho intramolecular Hbond substituents is 1. The van der Waals surface area contributed by atoms with Gasteiger partial charge in [-0.2, -0.15) is 5.10 Å². The summed E-state index contributed by atoms with van der Waals surface area (Å²) in [6.07, 6.45) is 1.63. The first-order chi connectivity index (χ1) is 7.79. The SMILES string of the molecule is Br.Br.NNc1nncc2c1[nH]c1ccc(O)cc12. The first-order valence-electron chi connectivity index (χ1n) is 4.72. The monoisotopic (exact) mass is 375 g/mol. The van der Waals surface area contributed by atoms with E-state index in [0.29, 0.717) is 5.82 Å². The highest BCUT2D eigenvalue weighted by molar-refractivity contribution is 8.93. The molecule has 3 aromatic rings. The van der Waals surface area contributed by atoms with Crippen LogP contribution in [0.25, 0.3) is 21.8 Å². The molecule has 0 fully saturated rings. The molecule has 0 aliphatic carbocycles. The summed E-state index contributed by atoms with van der Waals surface area (Å²) in [4.78, 5) is 3.17. The van der Waals surface area contributed by atoms with E-state index < -0.39 is 0 Å². The molecule has 6 nitrogen and oxygen atoms in total. The summed E-state index contributed by atoms with van der Waals surface area (Å²) in [5.74, 6) is 6.04. The Kier molecular flexibility index (Phi) is 4.49. The van der Waals surface area contributed by atoms with Crippen LogP contribution in [-0.2, 0) is 0 Å². The third-order valence-electron chi connectivity index (χ3n) is 2.54. The zero-order valence-electron chi connectivity index (χ0n) is 9.04. The maximum absolute atomic E-state index is 9.44. The Labute approximate surface area is 123 Å². The van der Waals surface area contributed by atoms with E-state index in [1.165, 1.54) is 0 Å². The van der Waals surface area contributed by atoms with E-state index in [1.54, 1.807) is 24.4 Å². The molecule has 8 heteroatoms. The number of aromatic nitrogens is 3. The van der Waals surface area contributed by atoms with Gasteiger partial charge in [0.2, 0.25) is 0 Å².